The van der Waals surface area contributed by atoms with Gasteiger partial charge in [-0.15, -0.1) is 5.10 Å². The predicted octanol–water partition coefficient (Wildman–Crippen LogP) is 3.54. The van der Waals surface area contributed by atoms with Gasteiger partial charge in [0.15, 0.2) is 5.82 Å². The molecule has 1 heterocycles. The summed E-state index contributed by atoms with van der Waals surface area (Å²) in [5.74, 6) is 1.10. The maximum atomic E-state index is 12.6. The molecule has 0 atom stereocenters. The summed E-state index contributed by atoms with van der Waals surface area (Å²) in [4.78, 5) is 16.9. The van der Waals surface area contributed by atoms with Crippen molar-refractivity contribution < 1.29 is 22.7 Å². The number of anilines is 2. The summed E-state index contributed by atoms with van der Waals surface area (Å²) in [5, 5.41) is 9.36. The number of hydrogen-bond acceptors (Lipinski definition) is 7. The number of sulfonamides is 1. The lowest BCUT2D eigenvalue weighted by atomic mass is 10.2. The topological polar surface area (TPSA) is 135 Å². The number of benzene rings is 3. The molecule has 0 radical (unpaired) electrons. The molecular weight excluding hydrogens is 458 g/mol. The molecule has 0 saturated carbocycles. The maximum absolute atomic E-state index is 12.6. The molecule has 3 N–H and O–H groups in total. The molecule has 3 aromatic carbocycles. The van der Waals surface area contributed by atoms with Crippen LogP contribution in [0.5, 0.6) is 11.5 Å². The van der Waals surface area contributed by atoms with Crippen molar-refractivity contribution in [3.8, 4) is 22.9 Å². The highest BCUT2D eigenvalue weighted by Crippen LogP contribution is 2.31. The fraction of sp³-hybridized carbons (Fsp3) is 0.0870. The van der Waals surface area contributed by atoms with E-state index in [1.165, 1.54) is 31.4 Å². The zero-order valence-electron chi connectivity index (χ0n) is 18.3. The summed E-state index contributed by atoms with van der Waals surface area (Å²) >= 11 is 0. The Morgan fingerprint density at radius 3 is 2.35 bits per heavy atom. The van der Waals surface area contributed by atoms with Crippen LogP contribution in [-0.4, -0.2) is 43.7 Å². The van der Waals surface area contributed by atoms with E-state index in [1.807, 2.05) is 0 Å². The molecule has 0 aliphatic carbocycles. The van der Waals surface area contributed by atoms with Crippen molar-refractivity contribution in [1.82, 2.24) is 15.2 Å². The van der Waals surface area contributed by atoms with Gasteiger partial charge in [-0.1, -0.05) is 18.2 Å². The quantitative estimate of drug-likeness (QED) is 0.352. The smallest absolute Gasteiger partial charge is 0.261 e. The Kier molecular flexibility index (Phi) is 6.46. The van der Waals surface area contributed by atoms with E-state index in [9.17, 15) is 13.2 Å². The van der Waals surface area contributed by atoms with Gasteiger partial charge in [-0.2, -0.15) is 4.98 Å². The molecule has 0 aliphatic rings. The minimum Gasteiger partial charge on any atom is -0.497 e. The van der Waals surface area contributed by atoms with E-state index < -0.39 is 15.9 Å². The van der Waals surface area contributed by atoms with Crippen molar-refractivity contribution in [3.05, 3.63) is 78.4 Å². The van der Waals surface area contributed by atoms with Gasteiger partial charge in [-0.3, -0.25) is 19.9 Å². The van der Waals surface area contributed by atoms with E-state index >= 15 is 0 Å². The molecule has 0 unspecified atom stereocenters. The number of methoxy groups -OCH3 is 2. The highest BCUT2D eigenvalue weighted by molar-refractivity contribution is 7.92. The zero-order valence-corrected chi connectivity index (χ0v) is 19.1. The molecule has 1 aromatic heterocycles. The summed E-state index contributed by atoms with van der Waals surface area (Å²) in [6, 6.07) is 19.3. The number of carbonyl (C=O) groups excluding carboxylic acids is 1. The number of amides is 1. The number of carbonyl (C=O) groups is 1. The summed E-state index contributed by atoms with van der Waals surface area (Å²) < 4.78 is 38.1. The van der Waals surface area contributed by atoms with Gasteiger partial charge in [0.05, 0.1) is 24.7 Å². The van der Waals surface area contributed by atoms with Gasteiger partial charge in [-0.25, -0.2) is 8.42 Å². The highest BCUT2D eigenvalue weighted by Gasteiger charge is 2.17. The van der Waals surface area contributed by atoms with Crippen LogP contribution < -0.4 is 19.5 Å². The lowest BCUT2D eigenvalue weighted by molar-refractivity contribution is 0.102. The Morgan fingerprint density at radius 2 is 1.68 bits per heavy atom. The molecule has 1 amide bonds. The highest BCUT2D eigenvalue weighted by atomic mass is 32.2. The Balaban J connectivity index is 1.46. The fourth-order valence-corrected chi connectivity index (χ4v) is 4.17. The number of hydrogen-bond donors (Lipinski definition) is 3. The van der Waals surface area contributed by atoms with Gasteiger partial charge >= 0.3 is 0 Å². The molecule has 34 heavy (non-hydrogen) atoms. The molecule has 0 aliphatic heterocycles. The first-order valence-corrected chi connectivity index (χ1v) is 11.5. The van der Waals surface area contributed by atoms with Crippen molar-refractivity contribution in [1.29, 1.82) is 0 Å². The summed E-state index contributed by atoms with van der Waals surface area (Å²) in [6.07, 6.45) is 0. The first-order chi connectivity index (χ1) is 16.4. The first kappa shape index (κ1) is 22.8. The van der Waals surface area contributed by atoms with E-state index in [0.29, 0.717) is 28.6 Å². The van der Waals surface area contributed by atoms with Gasteiger partial charge in [0.25, 0.3) is 15.9 Å². The number of nitrogens with one attached hydrogen (secondary N) is 3. The number of nitrogens with zero attached hydrogens (tertiary/aromatic N) is 2. The lowest BCUT2D eigenvalue weighted by Gasteiger charge is -2.08. The van der Waals surface area contributed by atoms with Crippen molar-refractivity contribution in [2.45, 2.75) is 4.90 Å². The van der Waals surface area contributed by atoms with E-state index in [2.05, 4.69) is 25.2 Å². The molecule has 10 nitrogen and oxygen atoms in total. The van der Waals surface area contributed by atoms with Crippen molar-refractivity contribution in [3.63, 3.8) is 0 Å². The first-order valence-electron chi connectivity index (χ1n) is 10.0. The minimum absolute atomic E-state index is 0.0275. The largest absolute Gasteiger partial charge is 0.497 e. The predicted molar refractivity (Wildman–Crippen MR) is 127 cm³/mol. The van der Waals surface area contributed by atoms with Gasteiger partial charge < -0.3 is 9.47 Å². The second kappa shape index (κ2) is 9.63. The Labute approximate surface area is 196 Å². The van der Waals surface area contributed by atoms with Gasteiger partial charge in [0.1, 0.15) is 11.5 Å². The van der Waals surface area contributed by atoms with Crippen LogP contribution in [0.1, 0.15) is 10.4 Å². The number of rotatable bonds is 8. The van der Waals surface area contributed by atoms with Crippen molar-refractivity contribution >= 4 is 27.6 Å². The molecule has 4 aromatic rings. The number of aromatic amines is 1. The minimum atomic E-state index is -3.79. The Hall–Kier alpha value is -4.38. The number of para-hydroxylation sites is 1. The van der Waals surface area contributed by atoms with Crippen molar-refractivity contribution in [2.24, 2.45) is 0 Å². The standard InChI is InChI=1S/C23H21N5O5S/c1-32-17-10-13-19(20(14-17)33-2)21-24-23(27-26-21)25-22(29)15-8-11-18(12-9-15)34(30,31)28-16-6-4-3-5-7-16/h3-14,28H,1-2H3,(H2,24,25,26,27,29). The van der Waals surface area contributed by atoms with Crippen molar-refractivity contribution in [2.75, 3.05) is 24.3 Å². The monoisotopic (exact) mass is 479 g/mol. The fourth-order valence-electron chi connectivity index (χ4n) is 3.11. The van der Waals surface area contributed by atoms with Crippen LogP contribution in [0.4, 0.5) is 11.6 Å². The van der Waals surface area contributed by atoms with Crippen LogP contribution >= 0.6 is 0 Å². The summed E-state index contributed by atoms with van der Waals surface area (Å²) in [6.45, 7) is 0. The van der Waals surface area contributed by atoms with Crippen LogP contribution in [0, 0.1) is 0 Å². The molecule has 11 heteroatoms. The van der Waals surface area contributed by atoms with Gasteiger partial charge in [0, 0.05) is 17.3 Å². The third-order valence-corrected chi connectivity index (χ3v) is 6.22. The molecule has 4 rings (SSSR count). The van der Waals surface area contributed by atoms with E-state index in [-0.39, 0.29) is 16.4 Å². The second-order valence-corrected chi connectivity index (χ2v) is 8.71. The molecular formula is C23H21N5O5S. The molecule has 0 saturated heterocycles. The normalized spacial score (nSPS) is 11.0. The van der Waals surface area contributed by atoms with E-state index in [4.69, 9.17) is 9.47 Å². The average molecular weight is 480 g/mol. The van der Waals surface area contributed by atoms with E-state index in [1.54, 1.807) is 55.6 Å². The SMILES string of the molecule is COc1ccc(-c2nc(NC(=O)c3ccc(S(=O)(=O)Nc4ccccc4)cc3)n[nH]2)c(OC)c1. The van der Waals surface area contributed by atoms with E-state index in [0.717, 1.165) is 0 Å². The molecule has 0 fully saturated rings. The maximum Gasteiger partial charge on any atom is 0.261 e. The summed E-state index contributed by atoms with van der Waals surface area (Å²) in [5.41, 5.74) is 1.32. The zero-order chi connectivity index (χ0) is 24.1. The van der Waals surface area contributed by atoms with Gasteiger partial charge in [-0.05, 0) is 48.5 Å². The Bertz CT molecular complexity index is 1400. The van der Waals surface area contributed by atoms with Crippen LogP contribution in [0.25, 0.3) is 11.4 Å². The second-order valence-electron chi connectivity index (χ2n) is 7.02. The lowest BCUT2D eigenvalue weighted by Crippen LogP contribution is -2.15. The van der Waals surface area contributed by atoms with Gasteiger partial charge in [0.2, 0.25) is 5.95 Å². The third-order valence-electron chi connectivity index (χ3n) is 4.83. The number of aromatic nitrogens is 3. The molecule has 0 spiro atoms. The van der Waals surface area contributed by atoms with Crippen LogP contribution in [0.3, 0.4) is 0 Å². The number of H-pyrrole nitrogens is 1. The summed E-state index contributed by atoms with van der Waals surface area (Å²) in [7, 11) is -0.708. The Morgan fingerprint density at radius 1 is 0.941 bits per heavy atom. The molecule has 174 valence electrons. The molecule has 0 bridgehead atoms. The number of ether oxygens (including phenoxy) is 2. The van der Waals surface area contributed by atoms with Crippen LogP contribution in [0.15, 0.2) is 77.7 Å². The third kappa shape index (κ3) is 4.99. The van der Waals surface area contributed by atoms with Crippen LogP contribution in [-0.2, 0) is 10.0 Å². The van der Waals surface area contributed by atoms with Crippen LogP contribution in [0.2, 0.25) is 0 Å². The average Bonchev–Trinajstić information content (AvgIpc) is 3.32.